The zero-order chi connectivity index (χ0) is 26.2. The van der Waals surface area contributed by atoms with Gasteiger partial charge in [0.15, 0.2) is 35.9 Å². The number of phenols is 1. The smallest absolute Gasteiger partial charge is 0.344 e. The number of carboxylic acid groups (broad SMARTS) is 1. The zero-order valence-electron chi connectivity index (χ0n) is 19.6. The summed E-state index contributed by atoms with van der Waals surface area (Å²) in [7, 11) is 1.92. The van der Waals surface area contributed by atoms with Crippen molar-refractivity contribution in [3.05, 3.63) is 35.1 Å². The largest absolute Gasteiger partial charge is 0.504 e. The van der Waals surface area contributed by atoms with Crippen LogP contribution in [0.4, 0.5) is 0 Å². The summed E-state index contributed by atoms with van der Waals surface area (Å²) in [5.74, 6) is -4.32. The van der Waals surface area contributed by atoms with E-state index in [0.29, 0.717) is 24.9 Å². The number of rotatable bonds is 6. The number of phenolic OH excluding ortho intramolecular Hbond substituents is 1. The fourth-order valence-electron chi connectivity index (χ4n) is 6.17. The number of likely N-dealkylation sites (tertiary alicyclic amines) is 1. The minimum atomic E-state index is -2.39. The Balaban J connectivity index is 1.44. The maximum absolute atomic E-state index is 12.7. The van der Waals surface area contributed by atoms with Crippen molar-refractivity contribution < 1.29 is 54.1 Å². The Bertz CT molecular complexity index is 1180. The molecule has 1 aromatic rings. The number of aliphatic hydroxyl groups excluding tert-OH is 2. The van der Waals surface area contributed by atoms with Gasteiger partial charge in [0.2, 0.25) is 0 Å². The maximum atomic E-state index is 12.7. The molecule has 0 radical (unpaired) electrons. The molecule has 4 aliphatic rings. The minimum Gasteiger partial charge on any atom is -0.504 e. The molecule has 0 aromatic heterocycles. The lowest BCUT2D eigenvalue weighted by Crippen LogP contribution is -2.74. The molecular weight excluding hydrogens is 478 g/mol. The van der Waals surface area contributed by atoms with Gasteiger partial charge in [0.25, 0.3) is 0 Å². The van der Waals surface area contributed by atoms with Crippen molar-refractivity contribution in [2.24, 2.45) is 0 Å². The molecule has 1 aromatic carbocycles. The number of aliphatic carboxylic acids is 1. The molecule has 12 nitrogen and oxygen atoms in total. The lowest BCUT2D eigenvalue weighted by Gasteiger charge is -2.61. The Kier molecular flexibility index (Phi) is 5.56. The number of hydrogen-bond donors (Lipinski definition) is 5. The fraction of sp³-hybridized carbons (Fsp3) is 0.542. The molecule has 36 heavy (non-hydrogen) atoms. The highest BCUT2D eigenvalue weighted by molar-refractivity contribution is 5.87. The van der Waals surface area contributed by atoms with Gasteiger partial charge in [-0.2, -0.15) is 0 Å². The van der Waals surface area contributed by atoms with Crippen LogP contribution in [-0.2, 0) is 35.7 Å². The van der Waals surface area contributed by atoms with Crippen LogP contribution >= 0.6 is 0 Å². The number of benzene rings is 1. The summed E-state index contributed by atoms with van der Waals surface area (Å²) in [5.41, 5.74) is -0.741. The van der Waals surface area contributed by atoms with Gasteiger partial charge in [0.05, 0.1) is 11.0 Å². The molecule has 0 amide bonds. The van der Waals surface area contributed by atoms with Crippen molar-refractivity contribution >= 4 is 17.9 Å². The second-order valence-electron chi connectivity index (χ2n) is 9.83. The Morgan fingerprint density at radius 3 is 2.58 bits per heavy atom. The maximum Gasteiger partial charge on any atom is 0.344 e. The summed E-state index contributed by atoms with van der Waals surface area (Å²) in [5, 5.41) is 51.7. The quantitative estimate of drug-likeness (QED) is 0.296. The average molecular weight is 505 g/mol. The minimum absolute atomic E-state index is 0.0325. The molecule has 194 valence electrons. The summed E-state index contributed by atoms with van der Waals surface area (Å²) in [6, 6.07) is 3.05. The number of piperidine rings is 1. The zero-order valence-corrected chi connectivity index (χ0v) is 19.6. The number of likely N-dealkylation sites (N-methyl/N-ethyl adjacent to an activating group) is 1. The molecule has 5 N–H and O–H groups in total. The second-order valence-corrected chi connectivity index (χ2v) is 9.83. The summed E-state index contributed by atoms with van der Waals surface area (Å²) >= 11 is 0. The van der Waals surface area contributed by atoms with Crippen LogP contribution in [0.2, 0.25) is 0 Å². The van der Waals surface area contributed by atoms with E-state index in [1.807, 2.05) is 7.05 Å². The number of nitrogens with zero attached hydrogens (tertiary/aromatic N) is 1. The first-order valence-corrected chi connectivity index (χ1v) is 11.6. The van der Waals surface area contributed by atoms with Crippen LogP contribution in [0.25, 0.3) is 0 Å². The molecule has 2 aliphatic heterocycles. The number of aliphatic hydroxyl groups is 3. The van der Waals surface area contributed by atoms with E-state index in [1.54, 1.807) is 6.07 Å². The SMILES string of the molecule is C[C@H](OC(=O)[C@H](O)[C@@H](O)C(=O)OC1=CC[C@@]2(O)[C@@H]3Cc4ccc(O)c5c4[C@@]2(CCN3C)[C@H]1O5)C(=O)O. The monoisotopic (exact) mass is 505 g/mol. The first-order chi connectivity index (χ1) is 16.9. The predicted octanol–water partition coefficient (Wildman–Crippen LogP) is -1.05. The summed E-state index contributed by atoms with van der Waals surface area (Å²) in [6.07, 6.45) is -4.84. The van der Waals surface area contributed by atoms with E-state index in [9.17, 15) is 34.8 Å². The standard InChI is InChI=1S/C24H27NO11/c1-10(20(29)30)34-21(31)16(27)17(28)22(32)35-13-5-6-24(33)14-9-11-3-4-12(26)18-15(11)23(24,19(13)36-18)7-8-25(14)2/h3-5,10,14,16-17,19,26-28,33H,6-9H2,1-2H3,(H,29,30)/t10-,14-,16+,17+,19-,23-,24+/m0/s1. The van der Waals surface area contributed by atoms with Crippen LogP contribution in [0.5, 0.6) is 11.5 Å². The van der Waals surface area contributed by atoms with Crippen molar-refractivity contribution in [2.75, 3.05) is 13.6 Å². The second kappa shape index (κ2) is 8.17. The summed E-state index contributed by atoms with van der Waals surface area (Å²) in [4.78, 5) is 37.6. The number of ether oxygens (including phenoxy) is 3. The lowest BCUT2D eigenvalue weighted by atomic mass is 9.50. The number of carbonyl (C=O) groups is 3. The van der Waals surface area contributed by atoms with E-state index in [4.69, 9.17) is 14.6 Å². The number of hydrogen-bond acceptors (Lipinski definition) is 11. The highest BCUT2D eigenvalue weighted by atomic mass is 16.6. The van der Waals surface area contributed by atoms with Gasteiger partial charge in [-0.25, -0.2) is 14.4 Å². The van der Waals surface area contributed by atoms with Gasteiger partial charge in [-0.05, 0) is 51.1 Å². The molecule has 1 fully saturated rings. The van der Waals surface area contributed by atoms with Gasteiger partial charge < -0.3 is 44.6 Å². The van der Waals surface area contributed by atoms with Gasteiger partial charge in [0.1, 0.15) is 5.76 Å². The van der Waals surface area contributed by atoms with E-state index >= 15 is 0 Å². The number of esters is 2. The molecule has 0 unspecified atom stereocenters. The van der Waals surface area contributed by atoms with Crippen molar-refractivity contribution in [3.63, 3.8) is 0 Å². The van der Waals surface area contributed by atoms with E-state index in [1.165, 1.54) is 12.1 Å². The third-order valence-corrected chi connectivity index (χ3v) is 7.99. The molecule has 2 heterocycles. The first kappa shape index (κ1) is 24.5. The fourth-order valence-corrected chi connectivity index (χ4v) is 6.17. The normalized spacial score (nSPS) is 32.3. The van der Waals surface area contributed by atoms with Crippen LogP contribution in [0, 0.1) is 0 Å². The Hall–Kier alpha value is -3.19. The Morgan fingerprint density at radius 2 is 1.89 bits per heavy atom. The third-order valence-electron chi connectivity index (χ3n) is 7.99. The molecule has 12 heteroatoms. The molecule has 2 aliphatic carbocycles. The van der Waals surface area contributed by atoms with Crippen LogP contribution in [0.3, 0.4) is 0 Å². The van der Waals surface area contributed by atoms with E-state index in [-0.39, 0.29) is 29.7 Å². The van der Waals surface area contributed by atoms with Gasteiger partial charge in [0, 0.05) is 18.0 Å². The first-order valence-electron chi connectivity index (χ1n) is 11.6. The molecule has 7 atom stereocenters. The van der Waals surface area contributed by atoms with Gasteiger partial charge >= 0.3 is 17.9 Å². The van der Waals surface area contributed by atoms with Crippen LogP contribution in [0.15, 0.2) is 24.0 Å². The Labute approximate surface area is 205 Å². The summed E-state index contributed by atoms with van der Waals surface area (Å²) in [6.45, 7) is 1.65. The summed E-state index contributed by atoms with van der Waals surface area (Å²) < 4.78 is 16.0. The Morgan fingerprint density at radius 1 is 1.19 bits per heavy atom. The predicted molar refractivity (Wildman–Crippen MR) is 118 cm³/mol. The van der Waals surface area contributed by atoms with E-state index < -0.39 is 53.3 Å². The van der Waals surface area contributed by atoms with Crippen LogP contribution in [0.1, 0.15) is 30.9 Å². The number of aromatic hydroxyl groups is 1. The molecule has 2 bridgehead atoms. The van der Waals surface area contributed by atoms with Gasteiger partial charge in [-0.3, -0.25) is 0 Å². The van der Waals surface area contributed by atoms with Crippen molar-refractivity contribution in [3.8, 4) is 11.5 Å². The van der Waals surface area contributed by atoms with E-state index in [2.05, 4.69) is 9.64 Å². The molecule has 5 rings (SSSR count). The molecular formula is C24H27NO11. The average Bonchev–Trinajstić information content (AvgIpc) is 3.19. The molecule has 1 saturated heterocycles. The number of carbonyl (C=O) groups excluding carboxylic acids is 2. The van der Waals surface area contributed by atoms with Crippen molar-refractivity contribution in [2.45, 2.75) is 67.7 Å². The highest BCUT2D eigenvalue weighted by Gasteiger charge is 2.72. The van der Waals surface area contributed by atoms with Crippen LogP contribution in [-0.4, -0.2) is 98.0 Å². The van der Waals surface area contributed by atoms with E-state index in [0.717, 1.165) is 12.5 Å². The topological polar surface area (TPSA) is 183 Å². The van der Waals surface area contributed by atoms with Crippen molar-refractivity contribution in [1.29, 1.82) is 0 Å². The van der Waals surface area contributed by atoms with Gasteiger partial charge in [-0.1, -0.05) is 6.07 Å². The molecule has 0 saturated carbocycles. The molecule has 1 spiro atoms. The lowest BCUT2D eigenvalue weighted by molar-refractivity contribution is -0.182. The number of carboxylic acids is 1. The third kappa shape index (κ3) is 3.18. The van der Waals surface area contributed by atoms with Gasteiger partial charge in [-0.15, -0.1) is 0 Å². The van der Waals surface area contributed by atoms with Crippen LogP contribution < -0.4 is 4.74 Å². The highest BCUT2D eigenvalue weighted by Crippen LogP contribution is 2.65. The van der Waals surface area contributed by atoms with Crippen molar-refractivity contribution in [1.82, 2.24) is 4.90 Å².